The lowest BCUT2D eigenvalue weighted by Crippen LogP contribution is -2.54. The van der Waals surface area contributed by atoms with Crippen LogP contribution in [0.15, 0.2) is 34.9 Å². The average Bonchev–Trinajstić information content (AvgIpc) is 3.47. The van der Waals surface area contributed by atoms with Crippen LogP contribution in [0.1, 0.15) is 27.6 Å². The molecule has 1 saturated heterocycles. The number of nitrogens with one attached hydrogen (secondary N) is 2. The van der Waals surface area contributed by atoms with Crippen molar-refractivity contribution in [2.75, 3.05) is 26.3 Å². The summed E-state index contributed by atoms with van der Waals surface area (Å²) in [5.41, 5.74) is 2.05. The molecule has 1 aromatic carbocycles. The quantitative estimate of drug-likeness (QED) is 0.555. The first-order chi connectivity index (χ1) is 16.2. The molecular formula is C21H21F3N6O4. The van der Waals surface area contributed by atoms with Crippen molar-refractivity contribution >= 4 is 11.8 Å². The van der Waals surface area contributed by atoms with Crippen molar-refractivity contribution in [3.63, 3.8) is 0 Å². The molecule has 34 heavy (non-hydrogen) atoms. The number of carbonyl (C=O) groups excluding carboxylic acids is 2. The number of carbonyl (C=O) groups is 2. The molecule has 180 valence electrons. The molecule has 4 rings (SSSR count). The first-order valence-electron chi connectivity index (χ1n) is 10.4. The minimum absolute atomic E-state index is 0.103. The molecule has 0 unspecified atom stereocenters. The minimum atomic E-state index is -4.74. The van der Waals surface area contributed by atoms with Gasteiger partial charge in [0.05, 0.1) is 31.4 Å². The smallest absolute Gasteiger partial charge is 0.377 e. The second-order valence-corrected chi connectivity index (χ2v) is 7.74. The summed E-state index contributed by atoms with van der Waals surface area (Å²) in [7, 11) is 0. The lowest BCUT2D eigenvalue weighted by Gasteiger charge is -2.35. The van der Waals surface area contributed by atoms with Crippen LogP contribution in [0.5, 0.6) is 0 Å². The number of nitrogens with zero attached hydrogens (tertiary/aromatic N) is 4. The fraction of sp³-hybridized carbons (Fsp3) is 0.381. The second kappa shape index (κ2) is 9.63. The van der Waals surface area contributed by atoms with Crippen LogP contribution in [0.3, 0.4) is 0 Å². The molecule has 0 bridgehead atoms. The number of morpholine rings is 1. The second-order valence-electron chi connectivity index (χ2n) is 7.74. The zero-order chi connectivity index (χ0) is 24.3. The maximum atomic E-state index is 12.8. The molecule has 1 aliphatic heterocycles. The van der Waals surface area contributed by atoms with E-state index < -0.39 is 18.0 Å². The van der Waals surface area contributed by atoms with Crippen molar-refractivity contribution in [1.29, 1.82) is 0 Å². The Morgan fingerprint density at radius 1 is 1.26 bits per heavy atom. The standard InChI is InChI=1S/C21H21F3N6O4/c1-12-8-15(28-27-12)9-17(31)30-6-7-33-11-16(30)10-25-19(32)14-4-2-13(3-5-14)18-26-20(34-29-18)21(22,23)24/h2-5,8,16H,6-7,9-11H2,1H3,(H,25,32)(H,27,28)/t16-/m0/s1. The fourth-order valence-corrected chi connectivity index (χ4v) is 3.52. The Morgan fingerprint density at radius 2 is 2.03 bits per heavy atom. The van der Waals surface area contributed by atoms with E-state index in [9.17, 15) is 22.8 Å². The zero-order valence-electron chi connectivity index (χ0n) is 18.1. The molecule has 0 radical (unpaired) electrons. The molecule has 2 amide bonds. The monoisotopic (exact) mass is 478 g/mol. The van der Waals surface area contributed by atoms with Gasteiger partial charge in [-0.25, -0.2) is 0 Å². The van der Waals surface area contributed by atoms with Gasteiger partial charge in [0.2, 0.25) is 11.7 Å². The summed E-state index contributed by atoms with van der Waals surface area (Å²) in [4.78, 5) is 30.3. The summed E-state index contributed by atoms with van der Waals surface area (Å²) in [6, 6.07) is 7.19. The Morgan fingerprint density at radius 3 is 2.68 bits per heavy atom. The van der Waals surface area contributed by atoms with Crippen LogP contribution in [-0.4, -0.2) is 69.4 Å². The first kappa shape index (κ1) is 23.4. The third-order valence-corrected chi connectivity index (χ3v) is 5.22. The number of ether oxygens (including phenoxy) is 1. The Hall–Kier alpha value is -3.74. The number of benzene rings is 1. The van der Waals surface area contributed by atoms with Gasteiger partial charge in [0, 0.05) is 29.9 Å². The number of H-pyrrole nitrogens is 1. The zero-order valence-corrected chi connectivity index (χ0v) is 18.1. The van der Waals surface area contributed by atoms with Gasteiger partial charge in [-0.05, 0) is 25.1 Å². The molecule has 0 aliphatic carbocycles. The number of aromatic nitrogens is 4. The van der Waals surface area contributed by atoms with Crippen molar-refractivity contribution in [2.24, 2.45) is 0 Å². The van der Waals surface area contributed by atoms with Crippen molar-refractivity contribution in [2.45, 2.75) is 25.6 Å². The van der Waals surface area contributed by atoms with E-state index in [0.717, 1.165) is 5.69 Å². The highest BCUT2D eigenvalue weighted by Crippen LogP contribution is 2.29. The van der Waals surface area contributed by atoms with Gasteiger partial charge in [-0.3, -0.25) is 14.7 Å². The maximum Gasteiger partial charge on any atom is 0.471 e. The summed E-state index contributed by atoms with van der Waals surface area (Å²) >= 11 is 0. The molecule has 0 saturated carbocycles. The lowest BCUT2D eigenvalue weighted by molar-refractivity contribution is -0.159. The lowest BCUT2D eigenvalue weighted by atomic mass is 10.1. The van der Waals surface area contributed by atoms with E-state index in [2.05, 4.69) is 30.2 Å². The molecule has 1 fully saturated rings. The molecule has 0 spiro atoms. The van der Waals surface area contributed by atoms with Gasteiger partial charge in [0.1, 0.15) is 0 Å². The molecule has 13 heteroatoms. The minimum Gasteiger partial charge on any atom is -0.377 e. The van der Waals surface area contributed by atoms with Crippen molar-refractivity contribution in [1.82, 2.24) is 30.6 Å². The van der Waals surface area contributed by atoms with Crippen LogP contribution in [0.2, 0.25) is 0 Å². The number of rotatable bonds is 6. The summed E-state index contributed by atoms with van der Waals surface area (Å²) in [5.74, 6) is -2.19. The summed E-state index contributed by atoms with van der Waals surface area (Å²) in [5, 5.41) is 12.9. The SMILES string of the molecule is Cc1cc(CC(=O)N2CCOC[C@@H]2CNC(=O)c2ccc(-c3noc(C(F)(F)F)n3)cc2)[nH]n1. The summed E-state index contributed by atoms with van der Waals surface area (Å²) in [6.45, 7) is 3.10. The molecule has 2 aromatic heterocycles. The van der Waals surface area contributed by atoms with E-state index in [1.165, 1.54) is 24.3 Å². The maximum absolute atomic E-state index is 12.8. The number of aryl methyl sites for hydroxylation is 1. The van der Waals surface area contributed by atoms with Gasteiger partial charge in [0.25, 0.3) is 5.91 Å². The molecule has 3 aromatic rings. The van der Waals surface area contributed by atoms with E-state index in [4.69, 9.17) is 4.74 Å². The summed E-state index contributed by atoms with van der Waals surface area (Å²) in [6.07, 6.45) is -4.57. The molecular weight excluding hydrogens is 457 g/mol. The number of halogens is 3. The van der Waals surface area contributed by atoms with Gasteiger partial charge >= 0.3 is 12.1 Å². The van der Waals surface area contributed by atoms with Crippen LogP contribution in [0, 0.1) is 6.92 Å². The van der Waals surface area contributed by atoms with E-state index in [1.54, 1.807) is 11.0 Å². The van der Waals surface area contributed by atoms with E-state index in [-0.39, 0.29) is 48.5 Å². The molecule has 3 heterocycles. The number of hydrogen-bond acceptors (Lipinski definition) is 7. The summed E-state index contributed by atoms with van der Waals surface area (Å²) < 4.78 is 47.6. The van der Waals surface area contributed by atoms with Crippen LogP contribution in [-0.2, 0) is 22.1 Å². The predicted octanol–water partition coefficient (Wildman–Crippen LogP) is 1.99. The Labute approximate surface area is 191 Å². The van der Waals surface area contributed by atoms with Gasteiger partial charge in [-0.1, -0.05) is 17.3 Å². The van der Waals surface area contributed by atoms with Crippen molar-refractivity contribution in [3.8, 4) is 11.4 Å². The first-order valence-corrected chi connectivity index (χ1v) is 10.4. The van der Waals surface area contributed by atoms with E-state index in [1.807, 2.05) is 6.92 Å². The van der Waals surface area contributed by atoms with E-state index >= 15 is 0 Å². The van der Waals surface area contributed by atoms with Crippen molar-refractivity contribution < 1.29 is 32.0 Å². The van der Waals surface area contributed by atoms with Gasteiger partial charge in [0.15, 0.2) is 0 Å². The topological polar surface area (TPSA) is 126 Å². The van der Waals surface area contributed by atoms with Crippen LogP contribution < -0.4 is 5.32 Å². The molecule has 1 aliphatic rings. The Kier molecular flexibility index (Phi) is 6.63. The highest BCUT2D eigenvalue weighted by Gasteiger charge is 2.38. The molecule has 10 nitrogen and oxygen atoms in total. The molecule has 2 N–H and O–H groups in total. The predicted molar refractivity (Wildman–Crippen MR) is 110 cm³/mol. The Bertz CT molecular complexity index is 1160. The fourth-order valence-electron chi connectivity index (χ4n) is 3.52. The number of aromatic amines is 1. The van der Waals surface area contributed by atoms with Gasteiger partial charge < -0.3 is 19.5 Å². The third kappa shape index (κ3) is 5.42. The highest BCUT2D eigenvalue weighted by atomic mass is 19.4. The van der Waals surface area contributed by atoms with E-state index in [0.29, 0.717) is 18.8 Å². The highest BCUT2D eigenvalue weighted by molar-refractivity contribution is 5.94. The van der Waals surface area contributed by atoms with Gasteiger partial charge in [-0.2, -0.15) is 23.3 Å². The number of hydrogen-bond donors (Lipinski definition) is 2. The van der Waals surface area contributed by atoms with Crippen LogP contribution in [0.25, 0.3) is 11.4 Å². The van der Waals surface area contributed by atoms with Crippen LogP contribution >= 0.6 is 0 Å². The Balaban J connectivity index is 1.35. The van der Waals surface area contributed by atoms with Crippen molar-refractivity contribution in [3.05, 3.63) is 53.2 Å². The number of amides is 2. The molecule has 1 atom stereocenters. The normalized spacial score (nSPS) is 16.5. The average molecular weight is 478 g/mol. The van der Waals surface area contributed by atoms with Crippen LogP contribution in [0.4, 0.5) is 13.2 Å². The van der Waals surface area contributed by atoms with Gasteiger partial charge in [-0.15, -0.1) is 0 Å². The third-order valence-electron chi connectivity index (χ3n) is 5.22. The number of alkyl halides is 3. The largest absolute Gasteiger partial charge is 0.471 e.